The molecule has 1 atom stereocenters. The van der Waals surface area contributed by atoms with Crippen molar-refractivity contribution >= 4 is 39.6 Å². The monoisotopic (exact) mass is 383 g/mol. The first-order valence-corrected chi connectivity index (χ1v) is 9.54. The summed E-state index contributed by atoms with van der Waals surface area (Å²) in [4.78, 5) is 15.7. The van der Waals surface area contributed by atoms with Crippen molar-refractivity contribution in [1.29, 1.82) is 0 Å². The third kappa shape index (κ3) is 3.74. The normalized spacial score (nSPS) is 21.4. The molecule has 0 radical (unpaired) electrons. The number of rotatable bonds is 3. The van der Waals surface area contributed by atoms with Crippen LogP contribution >= 0.6 is 23.6 Å². The average Bonchev–Trinajstić information content (AvgIpc) is 2.85. The molecule has 138 valence electrons. The van der Waals surface area contributed by atoms with Gasteiger partial charge in [0, 0.05) is 24.4 Å². The van der Waals surface area contributed by atoms with Gasteiger partial charge in [-0.05, 0) is 45.5 Å². The number of anilines is 1. The Morgan fingerprint density at radius 1 is 1.48 bits per heavy atom. The predicted molar refractivity (Wildman–Crippen MR) is 104 cm³/mol. The smallest absolute Gasteiger partial charge is 0.259 e. The Kier molecular flexibility index (Phi) is 4.93. The van der Waals surface area contributed by atoms with E-state index in [1.807, 2.05) is 13.8 Å². The van der Waals surface area contributed by atoms with Gasteiger partial charge in [0.1, 0.15) is 5.00 Å². The zero-order valence-corrected chi connectivity index (χ0v) is 16.8. The van der Waals surface area contributed by atoms with E-state index in [-0.39, 0.29) is 23.8 Å². The number of nitrogens with one attached hydrogen (secondary N) is 4. The van der Waals surface area contributed by atoms with Crippen molar-refractivity contribution in [2.24, 2.45) is 0 Å². The van der Waals surface area contributed by atoms with Crippen molar-refractivity contribution < 1.29 is 9.53 Å². The van der Waals surface area contributed by atoms with Crippen LogP contribution < -0.4 is 21.5 Å². The van der Waals surface area contributed by atoms with Crippen LogP contribution in [0.1, 0.15) is 48.5 Å². The number of carbonyl (C=O) groups is 1. The van der Waals surface area contributed by atoms with Gasteiger partial charge in [0.05, 0.1) is 17.8 Å². The van der Waals surface area contributed by atoms with E-state index in [9.17, 15) is 4.79 Å². The highest BCUT2D eigenvalue weighted by Crippen LogP contribution is 2.42. The number of thiocarbonyl (C=S) groups is 1. The van der Waals surface area contributed by atoms with Gasteiger partial charge in [-0.3, -0.25) is 10.2 Å². The molecule has 1 aromatic heterocycles. The summed E-state index contributed by atoms with van der Waals surface area (Å²) in [5.74, 6) is 0.00554. The van der Waals surface area contributed by atoms with Gasteiger partial charge in [0.25, 0.3) is 5.91 Å². The van der Waals surface area contributed by atoms with Crippen molar-refractivity contribution in [2.45, 2.75) is 58.7 Å². The molecule has 0 aliphatic carbocycles. The number of hydrazine groups is 1. The fourth-order valence-corrected chi connectivity index (χ4v) is 4.40. The second-order valence-electron chi connectivity index (χ2n) is 7.29. The highest BCUT2D eigenvalue weighted by atomic mass is 32.1. The fourth-order valence-electron chi connectivity index (χ4n) is 2.96. The van der Waals surface area contributed by atoms with E-state index >= 15 is 0 Å². The van der Waals surface area contributed by atoms with E-state index in [2.05, 4.69) is 35.3 Å². The molecule has 0 fully saturated rings. The Hall–Kier alpha value is -1.42. The Bertz CT molecular complexity index is 701. The summed E-state index contributed by atoms with van der Waals surface area (Å²) >= 11 is 6.80. The summed E-state index contributed by atoms with van der Waals surface area (Å²) < 4.78 is 5.88. The van der Waals surface area contributed by atoms with Gasteiger partial charge < -0.3 is 20.3 Å². The fraction of sp³-hybridized carbons (Fsp3) is 0.625. The highest BCUT2D eigenvalue weighted by molar-refractivity contribution is 7.80. The summed E-state index contributed by atoms with van der Waals surface area (Å²) in [7, 11) is 1.77. The molecular weight excluding hydrogens is 358 g/mol. The largest absolute Gasteiger partial charge is 0.370 e. The van der Waals surface area contributed by atoms with Gasteiger partial charge in [-0.1, -0.05) is 0 Å². The van der Waals surface area contributed by atoms with Crippen LogP contribution in [-0.4, -0.2) is 40.9 Å². The van der Waals surface area contributed by atoms with E-state index in [0.717, 1.165) is 27.4 Å². The third-order valence-electron chi connectivity index (χ3n) is 4.22. The van der Waals surface area contributed by atoms with Crippen LogP contribution in [0.2, 0.25) is 0 Å². The number of nitrogens with zero attached hydrogens (tertiary/aromatic N) is 1. The lowest BCUT2D eigenvalue weighted by Crippen LogP contribution is -2.60. The van der Waals surface area contributed by atoms with E-state index in [0.29, 0.717) is 11.7 Å². The van der Waals surface area contributed by atoms with Crippen molar-refractivity contribution in [3.63, 3.8) is 0 Å². The summed E-state index contributed by atoms with van der Waals surface area (Å²) in [6, 6.07) is 0.236. The SMILES string of the molecule is CC(C)NC(=S)NN[C@@H]1Nc2sc3c(c2C(=O)N1C)CC(C)(C)OC3. The summed E-state index contributed by atoms with van der Waals surface area (Å²) in [5, 5.41) is 7.84. The van der Waals surface area contributed by atoms with Gasteiger partial charge in [0.2, 0.25) is 0 Å². The van der Waals surface area contributed by atoms with Crippen molar-refractivity contribution in [3.05, 3.63) is 16.0 Å². The zero-order chi connectivity index (χ0) is 18.4. The number of fused-ring (bicyclic) bond motifs is 3. The van der Waals surface area contributed by atoms with Gasteiger partial charge in [0.15, 0.2) is 11.4 Å². The second-order valence-corrected chi connectivity index (χ2v) is 8.81. The minimum Gasteiger partial charge on any atom is -0.370 e. The van der Waals surface area contributed by atoms with Crippen LogP contribution in [0.3, 0.4) is 0 Å². The molecular formula is C16H25N5O2S2. The van der Waals surface area contributed by atoms with E-state index in [4.69, 9.17) is 17.0 Å². The number of ether oxygens (including phenoxy) is 1. The maximum atomic E-state index is 12.9. The first-order valence-electron chi connectivity index (χ1n) is 8.32. The predicted octanol–water partition coefficient (Wildman–Crippen LogP) is 1.76. The van der Waals surface area contributed by atoms with E-state index in [1.54, 1.807) is 23.3 Å². The van der Waals surface area contributed by atoms with Gasteiger partial charge >= 0.3 is 0 Å². The van der Waals surface area contributed by atoms with E-state index in [1.165, 1.54) is 0 Å². The van der Waals surface area contributed by atoms with Crippen LogP contribution in [0.5, 0.6) is 0 Å². The lowest BCUT2D eigenvalue weighted by molar-refractivity contribution is -0.0384. The molecule has 0 saturated heterocycles. The standard InChI is InChI=1S/C16H25N5O2S2/c1-8(2)17-15(24)20-19-14-18-12-11(13(22)21(14)5)9-6-16(3,4)23-7-10(9)25-12/h8,14,18-19H,6-7H2,1-5H3,(H2,17,20,24)/t14-/m0/s1. The summed E-state index contributed by atoms with van der Waals surface area (Å²) in [6.45, 7) is 8.68. The quantitative estimate of drug-likeness (QED) is 0.468. The molecule has 1 aromatic rings. The molecule has 4 N–H and O–H groups in total. The maximum Gasteiger partial charge on any atom is 0.259 e. The van der Waals surface area contributed by atoms with Crippen molar-refractivity contribution in [1.82, 2.24) is 21.1 Å². The molecule has 0 bridgehead atoms. The minimum absolute atomic E-state index is 0.00554. The molecule has 7 nitrogen and oxygen atoms in total. The minimum atomic E-state index is -0.388. The van der Waals surface area contributed by atoms with Crippen LogP contribution in [0, 0.1) is 0 Å². The molecule has 0 saturated carbocycles. The molecule has 0 spiro atoms. The first kappa shape index (κ1) is 18.4. The second kappa shape index (κ2) is 6.71. The average molecular weight is 384 g/mol. The maximum absolute atomic E-state index is 12.9. The van der Waals surface area contributed by atoms with Crippen LogP contribution in [0.15, 0.2) is 0 Å². The molecule has 25 heavy (non-hydrogen) atoms. The first-order chi connectivity index (χ1) is 11.7. The lowest BCUT2D eigenvalue weighted by Gasteiger charge is -2.35. The molecule has 1 amide bonds. The van der Waals surface area contributed by atoms with Gasteiger partial charge in [-0.2, -0.15) is 5.43 Å². The van der Waals surface area contributed by atoms with E-state index < -0.39 is 0 Å². The van der Waals surface area contributed by atoms with Gasteiger partial charge in [-0.15, -0.1) is 11.3 Å². The topological polar surface area (TPSA) is 77.7 Å². The Morgan fingerprint density at radius 3 is 2.88 bits per heavy atom. The molecule has 0 unspecified atom stereocenters. The zero-order valence-electron chi connectivity index (χ0n) is 15.1. The lowest BCUT2D eigenvalue weighted by atomic mass is 9.92. The molecule has 9 heteroatoms. The third-order valence-corrected chi connectivity index (χ3v) is 5.58. The number of hydrogen-bond acceptors (Lipinski definition) is 6. The molecule has 3 rings (SSSR count). The number of hydrogen-bond donors (Lipinski definition) is 4. The molecule has 2 aliphatic heterocycles. The van der Waals surface area contributed by atoms with Gasteiger partial charge in [-0.25, -0.2) is 0 Å². The molecule has 2 aliphatic rings. The highest BCUT2D eigenvalue weighted by Gasteiger charge is 2.38. The van der Waals surface area contributed by atoms with Crippen molar-refractivity contribution in [2.75, 3.05) is 12.4 Å². The Labute approximate surface area is 157 Å². The number of carbonyl (C=O) groups excluding carboxylic acids is 1. The summed E-state index contributed by atoms with van der Waals surface area (Å²) in [6.07, 6.45) is 0.356. The molecule has 0 aromatic carbocycles. The number of amides is 1. The summed E-state index contributed by atoms with van der Waals surface area (Å²) in [5.41, 5.74) is 7.64. The van der Waals surface area contributed by atoms with Crippen molar-refractivity contribution in [3.8, 4) is 0 Å². The van der Waals surface area contributed by atoms with Crippen LogP contribution in [-0.2, 0) is 17.8 Å². The molecule has 3 heterocycles. The van der Waals surface area contributed by atoms with Crippen LogP contribution in [0.25, 0.3) is 0 Å². The Morgan fingerprint density at radius 2 is 2.20 bits per heavy atom. The Balaban J connectivity index is 1.76. The number of thiophene rings is 1. The van der Waals surface area contributed by atoms with Crippen LogP contribution in [0.4, 0.5) is 5.00 Å².